The number of carbonyl (C=O) groups excluding carboxylic acids is 2. The van der Waals surface area contributed by atoms with Gasteiger partial charge in [-0.1, -0.05) is 131 Å². The van der Waals surface area contributed by atoms with Crippen LogP contribution in [0.2, 0.25) is 0 Å². The van der Waals surface area contributed by atoms with E-state index in [2.05, 4.69) is 27.7 Å². The molecule has 6 aromatic rings. The van der Waals surface area contributed by atoms with Crippen LogP contribution in [-0.2, 0) is 161 Å². The summed E-state index contributed by atoms with van der Waals surface area (Å²) < 4.78 is 79.0. The van der Waals surface area contributed by atoms with Gasteiger partial charge in [-0.3, -0.25) is 0 Å². The minimum absolute atomic E-state index is 0. The van der Waals surface area contributed by atoms with Crippen LogP contribution in [0.1, 0.15) is 94.6 Å². The van der Waals surface area contributed by atoms with E-state index < -0.39 is 28.2 Å². The maximum Gasteiger partial charge on any atom is 0.343 e. The molecule has 0 saturated carbocycles. The van der Waals surface area contributed by atoms with E-state index >= 15 is 0 Å². The van der Waals surface area contributed by atoms with E-state index in [0.29, 0.717) is 121 Å². The molecule has 4 heterocycles. The molecular formula is C69H72O20W4-4. The van der Waals surface area contributed by atoms with Gasteiger partial charge in [0.25, 0.3) is 0 Å². The molecule has 0 radical (unpaired) electrons. The van der Waals surface area contributed by atoms with Gasteiger partial charge in [0.2, 0.25) is 11.5 Å². The van der Waals surface area contributed by atoms with Crippen LogP contribution in [0.15, 0.2) is 121 Å². The van der Waals surface area contributed by atoms with Crippen molar-refractivity contribution in [3.8, 4) is 46.0 Å². The number of hydrogen-bond acceptors (Lipinski definition) is 20. The second-order valence-electron chi connectivity index (χ2n) is 24.1. The minimum Gasteiger partial charge on any atom is -0.468 e. The van der Waals surface area contributed by atoms with Crippen molar-refractivity contribution in [2.75, 3.05) is 106 Å². The summed E-state index contributed by atoms with van der Waals surface area (Å²) in [5.41, 5.74) is 4.22. The fraction of sp³-hybridized carbons (Fsp3) is 0.391. The van der Waals surface area contributed by atoms with E-state index in [1.807, 2.05) is 72.8 Å². The quantitative estimate of drug-likeness (QED) is 0.00733. The first-order chi connectivity index (χ1) is 43.3. The van der Waals surface area contributed by atoms with Gasteiger partial charge in [0.15, 0.2) is 38.7 Å². The average Bonchev–Trinajstić information content (AvgIpc) is 1.53. The molecule has 0 aromatic heterocycles. The zero-order valence-electron chi connectivity index (χ0n) is 52.0. The third-order valence-corrected chi connectivity index (χ3v) is 16.2. The molecule has 6 aromatic carbocycles. The van der Waals surface area contributed by atoms with Crippen LogP contribution in [0.5, 0.6) is 46.0 Å². The molecule has 12 rings (SSSR count). The summed E-state index contributed by atoms with van der Waals surface area (Å²) in [5, 5.41) is 0. The van der Waals surface area contributed by atoms with Crippen LogP contribution in [0.25, 0.3) is 0 Å². The number of carbonyl (C=O) groups is 2. The Morgan fingerprint density at radius 3 is 0.968 bits per heavy atom. The van der Waals surface area contributed by atoms with Gasteiger partial charge in [0.05, 0.1) is 11.1 Å². The fourth-order valence-electron chi connectivity index (χ4n) is 11.5. The van der Waals surface area contributed by atoms with E-state index in [9.17, 15) is 9.59 Å². The number of rotatable bonds is 32. The van der Waals surface area contributed by atoms with Gasteiger partial charge in [-0.25, -0.2) is 33.3 Å². The van der Waals surface area contributed by atoms with Crippen molar-refractivity contribution in [1.82, 2.24) is 0 Å². The maximum absolute atomic E-state index is 14.3. The molecule has 93 heavy (non-hydrogen) atoms. The Balaban J connectivity index is 0.00000278. The average molecular weight is 1960 g/mol. The van der Waals surface area contributed by atoms with Crippen LogP contribution >= 0.6 is 0 Å². The summed E-state index contributed by atoms with van der Waals surface area (Å²) in [4.78, 5) is 53.0. The van der Waals surface area contributed by atoms with Crippen LogP contribution in [-0.4, -0.2) is 118 Å². The summed E-state index contributed by atoms with van der Waals surface area (Å²) in [7, 11) is 0. The molecule has 0 bridgehead atoms. The maximum atomic E-state index is 14.3. The third-order valence-electron chi connectivity index (χ3n) is 16.2. The molecule has 1 atom stereocenters. The zero-order chi connectivity index (χ0) is 61.2. The van der Waals surface area contributed by atoms with Crippen LogP contribution in [0.4, 0.5) is 0 Å². The predicted octanol–water partition coefficient (Wildman–Crippen LogP) is 10.6. The number of esters is 2. The van der Waals surface area contributed by atoms with Crippen molar-refractivity contribution in [2.45, 2.75) is 70.0 Å². The molecule has 2 aliphatic carbocycles. The Labute approximate surface area is 599 Å². The van der Waals surface area contributed by atoms with Crippen molar-refractivity contribution in [1.29, 1.82) is 0 Å². The van der Waals surface area contributed by atoms with Gasteiger partial charge in [-0.15, -0.1) is 0 Å². The summed E-state index contributed by atoms with van der Waals surface area (Å²) >= 11 is 0. The van der Waals surface area contributed by atoms with Gasteiger partial charge in [-0.05, 0) is 154 Å². The normalized spacial score (nSPS) is 18.2. The van der Waals surface area contributed by atoms with Crippen molar-refractivity contribution >= 4 is 11.9 Å². The first-order valence-corrected chi connectivity index (χ1v) is 29.6. The topological polar surface area (TPSA) is 200 Å². The van der Waals surface area contributed by atoms with Crippen molar-refractivity contribution in [3.05, 3.63) is 190 Å². The van der Waals surface area contributed by atoms with E-state index in [0.717, 1.165) is 45.2 Å². The molecule has 6 aliphatic rings. The monoisotopic (exact) mass is 1960 g/mol. The smallest absolute Gasteiger partial charge is 0.343 e. The summed E-state index contributed by atoms with van der Waals surface area (Å²) in [6.45, 7) is 15.9. The van der Waals surface area contributed by atoms with E-state index in [4.69, 9.17) is 85.9 Å². The zero-order valence-corrected chi connectivity index (χ0v) is 63.7. The molecule has 24 heteroatoms. The Hall–Kier alpha value is -4.59. The molecule has 4 saturated heterocycles. The molecular weight excluding hydrogens is 1880 g/mol. The largest absolute Gasteiger partial charge is 0.468 e. The molecule has 4 fully saturated rings. The molecule has 0 N–H and O–H groups in total. The summed E-state index contributed by atoms with van der Waals surface area (Å²) in [6, 6.07) is 35.6. The summed E-state index contributed by atoms with van der Waals surface area (Å²) in [5.74, 6) is 6.33. The van der Waals surface area contributed by atoms with Crippen LogP contribution in [0.3, 0.4) is 0 Å². The molecule has 1 unspecified atom stereocenters. The van der Waals surface area contributed by atoms with Gasteiger partial charge in [0, 0.05) is 89.7 Å². The standard InChI is InChI=1S/C69H72O20.4W/c1-67(2)39-69(59-23-62(87-66(71)52-11-19-56(20-12-52)83-44-79-36-50-31-75-32-50)61(21-57(59)67)86-65(70)51-9-17-55(18-10-51)82-43-78-35-49-29-74-30-49)40-68(3,4)58-22-63(88-84-37-45-5-13-53(14-6-45)80-41-76-33-47-25-72-26-47)64(24-60(58)69)89-85-38-46-7-15-54(16-8-46)81-42-77-34-48-27-73-28-48;;;;/h5-24H,25-44H2,1-4H3;;;;/q-4;;;;. The SMILES string of the molecule is CC1(C)CC2(CC(C)(C)c3cc(OC(=O)c4ccc(OCOC[C-]5COC5)cc4)c(OC(=O)c4ccc(OCOC[C-]5COC5)cc4)cc32)c2cc(OOCc3ccc(OCOC[C-]4COC4)cc3)c(OOCc3ccc(OCOC[C-]4COC4)cc3)cc21.[W].[W].[W].[W]. The molecule has 1 spiro atoms. The van der Waals surface area contributed by atoms with Gasteiger partial charge in [-0.2, -0.15) is 9.78 Å². The third kappa shape index (κ3) is 19.0. The van der Waals surface area contributed by atoms with Crippen molar-refractivity contribution in [3.63, 3.8) is 0 Å². The molecule has 0 amide bonds. The second kappa shape index (κ2) is 34.6. The van der Waals surface area contributed by atoms with E-state index in [-0.39, 0.29) is 153 Å². The first-order valence-electron chi connectivity index (χ1n) is 29.6. The van der Waals surface area contributed by atoms with E-state index in [1.54, 1.807) is 48.5 Å². The number of ether oxygens (including phenoxy) is 14. The Morgan fingerprint density at radius 1 is 0.387 bits per heavy atom. The van der Waals surface area contributed by atoms with Crippen molar-refractivity contribution < 1.29 is 180 Å². The van der Waals surface area contributed by atoms with Gasteiger partial charge >= 0.3 is 11.9 Å². The first kappa shape index (κ1) is 74.2. The number of fused-ring (bicyclic) bond motifs is 4. The molecule has 496 valence electrons. The Morgan fingerprint density at radius 2 is 0.667 bits per heavy atom. The van der Waals surface area contributed by atoms with Gasteiger partial charge in [0.1, 0.15) is 36.2 Å². The Bertz CT molecular complexity index is 3360. The Kier molecular flexibility index (Phi) is 27.6. The predicted molar refractivity (Wildman–Crippen MR) is 318 cm³/mol. The second-order valence-corrected chi connectivity index (χ2v) is 24.1. The van der Waals surface area contributed by atoms with E-state index in [1.165, 1.54) is 11.8 Å². The number of benzene rings is 6. The molecule has 20 nitrogen and oxygen atoms in total. The van der Waals surface area contributed by atoms with Crippen LogP contribution in [0, 0.1) is 23.7 Å². The summed E-state index contributed by atoms with van der Waals surface area (Å²) in [6.07, 6.45) is 1.26. The van der Waals surface area contributed by atoms with Crippen molar-refractivity contribution in [2.24, 2.45) is 0 Å². The van der Waals surface area contributed by atoms with Gasteiger partial charge < -0.3 is 76.1 Å². The minimum atomic E-state index is -0.697. The number of hydrogen-bond donors (Lipinski definition) is 0. The van der Waals surface area contributed by atoms with Crippen LogP contribution < -0.4 is 38.2 Å². The molecule has 4 aliphatic heterocycles. The fourth-order valence-corrected chi connectivity index (χ4v) is 11.5.